The van der Waals surface area contributed by atoms with Crippen LogP contribution in [0.4, 0.5) is 0 Å². The van der Waals surface area contributed by atoms with Gasteiger partial charge < -0.3 is 5.21 Å². The van der Waals surface area contributed by atoms with Crippen LogP contribution in [-0.2, 0) is 0 Å². The zero-order valence-corrected chi connectivity index (χ0v) is 5.29. The predicted octanol–water partition coefficient (Wildman–Crippen LogP) is 0.996. The quantitative estimate of drug-likeness (QED) is 0.340. The molecular formula is C6H11NO. The van der Waals surface area contributed by atoms with Crippen LogP contribution in [0.15, 0.2) is 0 Å². The van der Waals surface area contributed by atoms with Crippen molar-refractivity contribution in [1.82, 2.24) is 0 Å². The Morgan fingerprint density at radius 1 is 1.62 bits per heavy atom. The second kappa shape index (κ2) is 1.77. The number of hydrogen-bond acceptors (Lipinski definition) is 1. The zero-order chi connectivity index (χ0) is 6.15. The van der Waals surface area contributed by atoms with Gasteiger partial charge in [0.1, 0.15) is 0 Å². The van der Waals surface area contributed by atoms with E-state index in [1.807, 2.05) is 6.92 Å². The van der Waals surface area contributed by atoms with Crippen LogP contribution in [0.1, 0.15) is 20.3 Å². The van der Waals surface area contributed by atoms with Crippen LogP contribution in [0.25, 0.3) is 0 Å². The highest BCUT2D eigenvalue weighted by molar-refractivity contribution is 5.53. The summed E-state index contributed by atoms with van der Waals surface area (Å²) < 4.78 is 1.05. The molecule has 1 heterocycles. The number of nitrogens with zero attached hydrogens (tertiary/aromatic N) is 1. The minimum atomic E-state index is 0.204. The highest BCUT2D eigenvalue weighted by Gasteiger charge is 2.24. The highest BCUT2D eigenvalue weighted by atomic mass is 16.5. The van der Waals surface area contributed by atoms with Crippen molar-refractivity contribution < 1.29 is 4.74 Å². The molecule has 0 aliphatic carbocycles. The van der Waals surface area contributed by atoms with Gasteiger partial charge in [0, 0.05) is 12.3 Å². The lowest BCUT2D eigenvalue weighted by atomic mass is 10.1. The lowest BCUT2D eigenvalue weighted by Gasteiger charge is -2.08. The molecule has 0 saturated heterocycles. The van der Waals surface area contributed by atoms with Crippen LogP contribution < -0.4 is 0 Å². The first-order chi connectivity index (χ1) is 3.72. The van der Waals surface area contributed by atoms with Gasteiger partial charge in [-0.05, 0) is 6.92 Å². The molecule has 0 aromatic heterocycles. The van der Waals surface area contributed by atoms with Crippen LogP contribution in [0, 0.1) is 11.1 Å². The molecule has 0 aromatic carbocycles. The van der Waals surface area contributed by atoms with E-state index in [1.165, 1.54) is 0 Å². The molecule has 0 spiro atoms. The molecule has 8 heavy (non-hydrogen) atoms. The summed E-state index contributed by atoms with van der Waals surface area (Å²) in [5.41, 5.74) is 0. The van der Waals surface area contributed by atoms with Gasteiger partial charge in [-0.1, -0.05) is 6.92 Å². The minimum absolute atomic E-state index is 0.204. The average Bonchev–Trinajstić information content (AvgIpc) is 1.98. The first-order valence-electron chi connectivity index (χ1n) is 3.00. The molecular weight excluding hydrogens is 102 g/mol. The van der Waals surface area contributed by atoms with Crippen molar-refractivity contribution in [3.8, 4) is 0 Å². The van der Waals surface area contributed by atoms with Gasteiger partial charge in [0.15, 0.2) is 12.3 Å². The van der Waals surface area contributed by atoms with Gasteiger partial charge in [-0.3, -0.25) is 0 Å². The zero-order valence-electron chi connectivity index (χ0n) is 5.29. The number of rotatable bonds is 0. The standard InChI is InChI=1S/C6H11NO/c1-5-3-4-7(8)6(5)2/h4-6H,3H2,1-2H3. The largest absolute Gasteiger partial charge is 0.624 e. The first kappa shape index (κ1) is 5.60. The summed E-state index contributed by atoms with van der Waals surface area (Å²) in [5.74, 6) is 0.549. The Labute approximate surface area is 49.4 Å². The van der Waals surface area contributed by atoms with Gasteiger partial charge in [-0.15, -0.1) is 0 Å². The van der Waals surface area contributed by atoms with Crippen LogP contribution in [-0.4, -0.2) is 17.0 Å². The molecule has 2 atom stereocenters. The summed E-state index contributed by atoms with van der Waals surface area (Å²) in [7, 11) is 0. The van der Waals surface area contributed by atoms with Crippen molar-refractivity contribution in [2.75, 3.05) is 0 Å². The lowest BCUT2D eigenvalue weighted by Crippen LogP contribution is -2.17. The summed E-state index contributed by atoms with van der Waals surface area (Å²) >= 11 is 0. The van der Waals surface area contributed by atoms with Crippen molar-refractivity contribution in [3.05, 3.63) is 5.21 Å². The van der Waals surface area contributed by atoms with Gasteiger partial charge in [0.05, 0.1) is 0 Å². The lowest BCUT2D eigenvalue weighted by molar-refractivity contribution is -0.489. The molecule has 0 N–H and O–H groups in total. The van der Waals surface area contributed by atoms with Crippen molar-refractivity contribution in [2.24, 2.45) is 5.92 Å². The summed E-state index contributed by atoms with van der Waals surface area (Å²) in [6.07, 6.45) is 2.67. The third-order valence-electron chi connectivity index (χ3n) is 1.88. The Bertz CT molecular complexity index is 120. The fourth-order valence-corrected chi connectivity index (χ4v) is 0.884. The molecule has 46 valence electrons. The first-order valence-corrected chi connectivity index (χ1v) is 3.00. The van der Waals surface area contributed by atoms with E-state index < -0.39 is 0 Å². The number of hydroxylamine groups is 1. The molecule has 0 fully saturated rings. The fourth-order valence-electron chi connectivity index (χ4n) is 0.884. The molecule has 1 aliphatic rings. The molecule has 0 radical (unpaired) electrons. The maximum Gasteiger partial charge on any atom is 0.163 e. The topological polar surface area (TPSA) is 26.1 Å². The predicted molar refractivity (Wildman–Crippen MR) is 32.9 cm³/mol. The minimum Gasteiger partial charge on any atom is -0.624 e. The third-order valence-corrected chi connectivity index (χ3v) is 1.88. The van der Waals surface area contributed by atoms with E-state index in [2.05, 4.69) is 6.92 Å². The van der Waals surface area contributed by atoms with E-state index in [9.17, 15) is 5.21 Å². The Kier molecular flexibility index (Phi) is 1.24. The summed E-state index contributed by atoms with van der Waals surface area (Å²) in [6.45, 7) is 4.06. The van der Waals surface area contributed by atoms with E-state index in [0.29, 0.717) is 5.92 Å². The van der Waals surface area contributed by atoms with Crippen molar-refractivity contribution in [3.63, 3.8) is 0 Å². The summed E-state index contributed by atoms with van der Waals surface area (Å²) in [5, 5.41) is 10.6. The molecule has 2 heteroatoms. The molecule has 0 saturated carbocycles. The fraction of sp³-hybridized carbons (Fsp3) is 0.833. The monoisotopic (exact) mass is 113 g/mol. The van der Waals surface area contributed by atoms with Crippen LogP contribution in [0.2, 0.25) is 0 Å². The van der Waals surface area contributed by atoms with E-state index in [-0.39, 0.29) is 6.04 Å². The Morgan fingerprint density at radius 2 is 2.25 bits per heavy atom. The second-order valence-electron chi connectivity index (χ2n) is 2.50. The third kappa shape index (κ3) is 0.703. The normalized spacial score (nSPS) is 37.5. The SMILES string of the molecule is CC1CC=[N+]([O-])C1C. The molecule has 1 aliphatic heterocycles. The van der Waals surface area contributed by atoms with Gasteiger partial charge in [0.2, 0.25) is 0 Å². The second-order valence-corrected chi connectivity index (χ2v) is 2.50. The van der Waals surface area contributed by atoms with Gasteiger partial charge in [-0.2, -0.15) is 0 Å². The number of hydrogen-bond donors (Lipinski definition) is 0. The van der Waals surface area contributed by atoms with Crippen molar-refractivity contribution in [1.29, 1.82) is 0 Å². The highest BCUT2D eigenvalue weighted by Crippen LogP contribution is 2.14. The van der Waals surface area contributed by atoms with Crippen LogP contribution in [0.5, 0.6) is 0 Å². The van der Waals surface area contributed by atoms with E-state index >= 15 is 0 Å². The molecule has 2 unspecified atom stereocenters. The van der Waals surface area contributed by atoms with Crippen molar-refractivity contribution >= 4 is 6.21 Å². The Balaban J connectivity index is 2.59. The summed E-state index contributed by atoms with van der Waals surface area (Å²) in [4.78, 5) is 0. The Morgan fingerprint density at radius 3 is 2.38 bits per heavy atom. The van der Waals surface area contributed by atoms with Gasteiger partial charge >= 0.3 is 0 Å². The van der Waals surface area contributed by atoms with E-state index in [4.69, 9.17) is 0 Å². The van der Waals surface area contributed by atoms with Gasteiger partial charge in [-0.25, -0.2) is 4.74 Å². The maximum atomic E-state index is 10.6. The Hall–Kier alpha value is -0.530. The van der Waals surface area contributed by atoms with Gasteiger partial charge in [0.25, 0.3) is 0 Å². The van der Waals surface area contributed by atoms with E-state index in [0.717, 1.165) is 11.2 Å². The maximum absolute atomic E-state index is 10.6. The molecule has 1 rings (SSSR count). The smallest absolute Gasteiger partial charge is 0.163 e. The summed E-state index contributed by atoms with van der Waals surface area (Å²) in [6, 6.07) is 0.204. The molecule has 0 bridgehead atoms. The average molecular weight is 113 g/mol. The van der Waals surface area contributed by atoms with E-state index in [1.54, 1.807) is 6.21 Å². The van der Waals surface area contributed by atoms with Crippen LogP contribution >= 0.6 is 0 Å². The van der Waals surface area contributed by atoms with Crippen LogP contribution in [0.3, 0.4) is 0 Å². The molecule has 2 nitrogen and oxygen atoms in total. The molecule has 0 amide bonds. The van der Waals surface area contributed by atoms with Crippen molar-refractivity contribution in [2.45, 2.75) is 26.3 Å². The molecule has 0 aromatic rings.